The molecule has 1 saturated heterocycles. The lowest BCUT2D eigenvalue weighted by atomic mass is 9.79. The van der Waals surface area contributed by atoms with Gasteiger partial charge in [-0.25, -0.2) is 0 Å². The summed E-state index contributed by atoms with van der Waals surface area (Å²) in [6, 6.07) is 0.206. The molecule has 2 N–H and O–H groups in total. The first-order valence-electron chi connectivity index (χ1n) is 6.03. The van der Waals surface area contributed by atoms with Crippen molar-refractivity contribution in [2.75, 3.05) is 6.61 Å². The lowest BCUT2D eigenvalue weighted by molar-refractivity contribution is -0.0924. The van der Waals surface area contributed by atoms with E-state index in [9.17, 15) is 0 Å². The van der Waals surface area contributed by atoms with Gasteiger partial charge in [0.2, 0.25) is 0 Å². The Morgan fingerprint density at radius 2 is 1.93 bits per heavy atom. The average Bonchev–Trinajstić information content (AvgIpc) is 2.20. The van der Waals surface area contributed by atoms with Crippen molar-refractivity contribution < 1.29 is 4.74 Å². The van der Waals surface area contributed by atoms with Crippen molar-refractivity contribution in [1.29, 1.82) is 0 Å². The van der Waals surface area contributed by atoms with Crippen molar-refractivity contribution in [3.05, 3.63) is 0 Å². The molecule has 2 atom stereocenters. The van der Waals surface area contributed by atoms with Crippen LogP contribution in [0.5, 0.6) is 0 Å². The SMILES string of the molecule is CCC(CC)C(N)C1(C)CCCCO1. The molecule has 0 spiro atoms. The van der Waals surface area contributed by atoms with E-state index in [0.717, 1.165) is 25.9 Å². The highest BCUT2D eigenvalue weighted by Crippen LogP contribution is 2.32. The Balaban J connectivity index is 2.59. The van der Waals surface area contributed by atoms with Gasteiger partial charge in [-0.3, -0.25) is 0 Å². The second-order valence-corrected chi connectivity index (χ2v) is 4.72. The molecule has 0 aromatic rings. The third-order valence-electron chi connectivity index (χ3n) is 3.76. The van der Waals surface area contributed by atoms with E-state index >= 15 is 0 Å². The van der Waals surface area contributed by atoms with E-state index in [4.69, 9.17) is 10.5 Å². The first-order valence-corrected chi connectivity index (χ1v) is 6.03. The van der Waals surface area contributed by atoms with Crippen molar-refractivity contribution in [1.82, 2.24) is 0 Å². The molecule has 2 heteroatoms. The Morgan fingerprint density at radius 1 is 1.29 bits per heavy atom. The van der Waals surface area contributed by atoms with E-state index in [2.05, 4.69) is 20.8 Å². The third-order valence-corrected chi connectivity index (χ3v) is 3.76. The predicted octanol–water partition coefficient (Wildman–Crippen LogP) is 2.71. The lowest BCUT2D eigenvalue weighted by Crippen LogP contribution is -2.53. The van der Waals surface area contributed by atoms with Crippen LogP contribution in [0.25, 0.3) is 0 Å². The third kappa shape index (κ3) is 2.48. The molecule has 2 nitrogen and oxygen atoms in total. The Labute approximate surface area is 88.2 Å². The summed E-state index contributed by atoms with van der Waals surface area (Å²) in [5.74, 6) is 0.609. The highest BCUT2D eigenvalue weighted by Gasteiger charge is 2.37. The maximum Gasteiger partial charge on any atom is 0.0807 e. The fraction of sp³-hybridized carbons (Fsp3) is 1.00. The Hall–Kier alpha value is -0.0800. The van der Waals surface area contributed by atoms with Gasteiger partial charge >= 0.3 is 0 Å². The van der Waals surface area contributed by atoms with Gasteiger partial charge in [-0.05, 0) is 32.1 Å². The molecule has 0 aromatic heterocycles. The summed E-state index contributed by atoms with van der Waals surface area (Å²) in [4.78, 5) is 0. The van der Waals surface area contributed by atoms with E-state index in [1.165, 1.54) is 12.8 Å². The summed E-state index contributed by atoms with van der Waals surface area (Å²) >= 11 is 0. The van der Waals surface area contributed by atoms with Crippen molar-refractivity contribution >= 4 is 0 Å². The van der Waals surface area contributed by atoms with Gasteiger partial charge < -0.3 is 10.5 Å². The topological polar surface area (TPSA) is 35.2 Å². The van der Waals surface area contributed by atoms with Gasteiger partial charge in [0.1, 0.15) is 0 Å². The Kier molecular flexibility index (Phi) is 4.39. The number of rotatable bonds is 4. The molecule has 0 aliphatic carbocycles. The van der Waals surface area contributed by atoms with E-state index in [0.29, 0.717) is 5.92 Å². The van der Waals surface area contributed by atoms with Gasteiger partial charge in [-0.15, -0.1) is 0 Å². The van der Waals surface area contributed by atoms with Crippen LogP contribution in [-0.2, 0) is 4.74 Å². The monoisotopic (exact) mass is 199 g/mol. The predicted molar refractivity (Wildman–Crippen MR) is 60.3 cm³/mol. The minimum Gasteiger partial charge on any atom is -0.374 e. The Morgan fingerprint density at radius 3 is 2.36 bits per heavy atom. The van der Waals surface area contributed by atoms with Gasteiger partial charge in [0, 0.05) is 12.6 Å². The van der Waals surface area contributed by atoms with E-state index in [-0.39, 0.29) is 11.6 Å². The summed E-state index contributed by atoms with van der Waals surface area (Å²) in [7, 11) is 0. The number of ether oxygens (including phenoxy) is 1. The average molecular weight is 199 g/mol. The van der Waals surface area contributed by atoms with Crippen LogP contribution in [0.1, 0.15) is 52.9 Å². The fourth-order valence-corrected chi connectivity index (χ4v) is 2.51. The van der Waals surface area contributed by atoms with Gasteiger partial charge in [-0.2, -0.15) is 0 Å². The maximum absolute atomic E-state index is 6.32. The Bertz CT molecular complexity index is 160. The van der Waals surface area contributed by atoms with Crippen LogP contribution in [0.15, 0.2) is 0 Å². The van der Waals surface area contributed by atoms with Gasteiger partial charge in [0.25, 0.3) is 0 Å². The second-order valence-electron chi connectivity index (χ2n) is 4.72. The molecule has 84 valence electrons. The first kappa shape index (κ1) is 12.0. The van der Waals surface area contributed by atoms with E-state index in [1.54, 1.807) is 0 Å². The minimum atomic E-state index is -0.0606. The fourth-order valence-electron chi connectivity index (χ4n) is 2.51. The zero-order valence-corrected chi connectivity index (χ0v) is 9.88. The highest BCUT2D eigenvalue weighted by atomic mass is 16.5. The van der Waals surface area contributed by atoms with Gasteiger partial charge in [-0.1, -0.05) is 26.7 Å². The molecule has 0 saturated carbocycles. The standard InChI is InChI=1S/C12H25NO/c1-4-10(5-2)11(13)12(3)8-6-7-9-14-12/h10-11H,4-9,13H2,1-3H3. The molecule has 0 aromatic carbocycles. The normalized spacial score (nSPS) is 30.6. The van der Waals surface area contributed by atoms with Gasteiger partial charge in [0.05, 0.1) is 5.60 Å². The number of hydrogen-bond acceptors (Lipinski definition) is 2. The maximum atomic E-state index is 6.32. The van der Waals surface area contributed by atoms with Crippen LogP contribution in [0.3, 0.4) is 0 Å². The molecular weight excluding hydrogens is 174 g/mol. The number of hydrogen-bond donors (Lipinski definition) is 1. The zero-order valence-electron chi connectivity index (χ0n) is 9.88. The molecule has 2 unspecified atom stereocenters. The molecule has 1 heterocycles. The summed E-state index contributed by atoms with van der Waals surface area (Å²) in [6.07, 6.45) is 5.92. The van der Waals surface area contributed by atoms with Crippen molar-refractivity contribution in [3.63, 3.8) is 0 Å². The summed E-state index contributed by atoms with van der Waals surface area (Å²) in [5, 5.41) is 0. The smallest absolute Gasteiger partial charge is 0.0807 e. The molecule has 1 aliphatic heterocycles. The van der Waals surface area contributed by atoms with Crippen LogP contribution in [0.2, 0.25) is 0 Å². The van der Waals surface area contributed by atoms with Crippen LogP contribution in [0.4, 0.5) is 0 Å². The van der Waals surface area contributed by atoms with Crippen LogP contribution < -0.4 is 5.73 Å². The van der Waals surface area contributed by atoms with E-state index < -0.39 is 0 Å². The molecule has 0 amide bonds. The molecular formula is C12H25NO. The van der Waals surface area contributed by atoms with E-state index in [1.807, 2.05) is 0 Å². The van der Waals surface area contributed by atoms with Gasteiger partial charge in [0.15, 0.2) is 0 Å². The molecule has 0 radical (unpaired) electrons. The summed E-state index contributed by atoms with van der Waals surface area (Å²) in [6.45, 7) is 7.53. The highest BCUT2D eigenvalue weighted by molar-refractivity contribution is 4.92. The van der Waals surface area contributed by atoms with Crippen LogP contribution in [0, 0.1) is 5.92 Å². The lowest BCUT2D eigenvalue weighted by Gasteiger charge is -2.42. The molecule has 14 heavy (non-hydrogen) atoms. The second kappa shape index (κ2) is 5.13. The molecule has 1 aliphatic rings. The largest absolute Gasteiger partial charge is 0.374 e. The zero-order chi connectivity index (χ0) is 10.6. The quantitative estimate of drug-likeness (QED) is 0.755. The first-order chi connectivity index (χ1) is 6.64. The molecule has 1 fully saturated rings. The number of nitrogens with two attached hydrogens (primary N) is 1. The molecule has 0 bridgehead atoms. The molecule has 1 rings (SSSR count). The summed E-state index contributed by atoms with van der Waals surface area (Å²) in [5.41, 5.74) is 6.26. The van der Waals surface area contributed by atoms with Crippen molar-refractivity contribution in [2.45, 2.75) is 64.5 Å². The summed E-state index contributed by atoms with van der Waals surface area (Å²) < 4.78 is 5.89. The van der Waals surface area contributed by atoms with Crippen molar-refractivity contribution in [2.24, 2.45) is 11.7 Å². The minimum absolute atomic E-state index is 0.0606. The van der Waals surface area contributed by atoms with Crippen LogP contribution in [-0.4, -0.2) is 18.2 Å². The van der Waals surface area contributed by atoms with Crippen LogP contribution >= 0.6 is 0 Å². The van der Waals surface area contributed by atoms with Crippen molar-refractivity contribution in [3.8, 4) is 0 Å².